The Morgan fingerprint density at radius 3 is 1.65 bits per heavy atom. The van der Waals surface area contributed by atoms with Crippen LogP contribution in [0.1, 0.15) is 36.1 Å². The van der Waals surface area contributed by atoms with Crippen LogP contribution in [0.15, 0.2) is 72.8 Å². The van der Waals surface area contributed by atoms with Crippen molar-refractivity contribution in [2.75, 3.05) is 58.5 Å². The first-order valence-corrected chi connectivity index (χ1v) is 18.3. The van der Waals surface area contributed by atoms with Crippen molar-refractivity contribution >= 4 is 38.7 Å². The Balaban J connectivity index is 1.03. The fraction of sp³-hybridized carbons (Fsp3) is 0.250. The summed E-state index contributed by atoms with van der Waals surface area (Å²) in [5.74, 6) is 5.53. The topological polar surface area (TPSA) is 97.4 Å². The Bertz CT molecular complexity index is 2660. The molecule has 5 heterocycles. The van der Waals surface area contributed by atoms with Crippen LogP contribution in [-0.4, -0.2) is 54.5 Å². The van der Waals surface area contributed by atoms with Crippen molar-refractivity contribution in [2.24, 2.45) is 0 Å². The van der Waals surface area contributed by atoms with Gasteiger partial charge in [-0.3, -0.25) is 4.79 Å². The van der Waals surface area contributed by atoms with E-state index in [1.54, 1.807) is 14.2 Å². The van der Waals surface area contributed by atoms with Gasteiger partial charge >= 0.3 is 0 Å². The van der Waals surface area contributed by atoms with Gasteiger partial charge in [-0.05, 0) is 70.4 Å². The fourth-order valence-corrected chi connectivity index (χ4v) is 9.36. The molecular formula is C44H36N2O9. The van der Waals surface area contributed by atoms with Crippen LogP contribution in [-0.2, 0) is 4.79 Å². The summed E-state index contributed by atoms with van der Waals surface area (Å²) in [6.07, 6.45) is 0.428. The number of ketones is 1. The summed E-state index contributed by atoms with van der Waals surface area (Å²) in [7, 11) is 7.39. The molecule has 0 amide bonds. The quantitative estimate of drug-likeness (QED) is 0.165. The molecule has 276 valence electrons. The first-order valence-electron chi connectivity index (χ1n) is 18.3. The van der Waals surface area contributed by atoms with Crippen molar-refractivity contribution in [1.29, 1.82) is 0 Å². The second-order valence-corrected chi connectivity index (χ2v) is 14.5. The van der Waals surface area contributed by atoms with Crippen LogP contribution in [0, 0.1) is 0 Å². The number of carbonyl (C=O) groups is 1. The third-order valence-corrected chi connectivity index (χ3v) is 11.9. The second-order valence-electron chi connectivity index (χ2n) is 14.5. The van der Waals surface area contributed by atoms with Gasteiger partial charge in [0, 0.05) is 60.0 Å². The minimum atomic E-state index is -0.377. The zero-order valence-corrected chi connectivity index (χ0v) is 30.7. The minimum absolute atomic E-state index is 0.0783. The number of methoxy groups -OCH3 is 2. The van der Waals surface area contributed by atoms with E-state index in [2.05, 4.69) is 60.3 Å². The van der Waals surface area contributed by atoms with Gasteiger partial charge in [-0.25, -0.2) is 0 Å². The highest BCUT2D eigenvalue weighted by Crippen LogP contribution is 2.57. The third-order valence-electron chi connectivity index (χ3n) is 11.9. The molecule has 11 rings (SSSR count). The Morgan fingerprint density at radius 1 is 0.582 bits per heavy atom. The Kier molecular flexibility index (Phi) is 6.84. The Morgan fingerprint density at radius 2 is 1.07 bits per heavy atom. The predicted molar refractivity (Wildman–Crippen MR) is 207 cm³/mol. The molecule has 0 unspecified atom stereocenters. The highest BCUT2D eigenvalue weighted by atomic mass is 16.7. The van der Waals surface area contributed by atoms with E-state index in [1.807, 2.05) is 36.4 Å². The van der Waals surface area contributed by atoms with E-state index >= 15 is 0 Å². The lowest BCUT2D eigenvalue weighted by atomic mass is 9.81. The van der Waals surface area contributed by atoms with Crippen molar-refractivity contribution in [1.82, 2.24) is 0 Å². The summed E-state index contributed by atoms with van der Waals surface area (Å²) < 4.78 is 47.0. The number of nitrogens with zero attached hydrogens (tertiary/aromatic N) is 2. The van der Waals surface area contributed by atoms with Crippen LogP contribution >= 0.6 is 0 Å². The summed E-state index contributed by atoms with van der Waals surface area (Å²) >= 11 is 0. The molecule has 5 aliphatic heterocycles. The van der Waals surface area contributed by atoms with Crippen LogP contribution in [0.3, 0.4) is 0 Å². The van der Waals surface area contributed by atoms with Crippen LogP contribution < -0.4 is 47.7 Å². The molecule has 0 bridgehead atoms. The van der Waals surface area contributed by atoms with E-state index in [1.165, 1.54) is 0 Å². The molecule has 11 nitrogen and oxygen atoms in total. The van der Waals surface area contributed by atoms with Gasteiger partial charge in [0.25, 0.3) is 0 Å². The van der Waals surface area contributed by atoms with Crippen molar-refractivity contribution in [3.63, 3.8) is 0 Å². The van der Waals surface area contributed by atoms with Gasteiger partial charge in [-0.15, -0.1) is 0 Å². The Hall–Kier alpha value is -6.49. The molecule has 5 aliphatic rings. The fourth-order valence-electron chi connectivity index (χ4n) is 9.36. The molecule has 0 fully saturated rings. The van der Waals surface area contributed by atoms with E-state index in [0.29, 0.717) is 34.5 Å². The monoisotopic (exact) mass is 736 g/mol. The number of carbonyl (C=O) groups excluding carboxylic acids is 1. The van der Waals surface area contributed by atoms with Crippen molar-refractivity contribution in [3.8, 4) is 68.2 Å². The predicted octanol–water partition coefficient (Wildman–Crippen LogP) is 8.56. The third kappa shape index (κ3) is 4.52. The smallest absolute Gasteiger partial charge is 0.231 e. The number of ether oxygens (including phenoxy) is 8. The molecule has 2 atom stereocenters. The molecule has 0 spiro atoms. The standard InChI is InChI=1S/C44H36N2O9/c1-45-31(39-25(9-11-33(48-3)43(39)49-4)27-7-5-22-13-35-37(53-19-51-35)17-29(22)41(27)45)15-24(47)16-32-40-26(10-12-34-44(40)55-21-50-34)28-8-6-23-14-36-38(54-20-52-36)18-30(23)42(28)46(32)2/h5-14,17-18,31-32H,15-16,19-21H2,1-4H3/t31-,32-/m0/s1. The number of hydrogen-bond donors (Lipinski definition) is 0. The van der Waals surface area contributed by atoms with E-state index < -0.39 is 0 Å². The summed E-state index contributed by atoms with van der Waals surface area (Å²) in [5.41, 5.74) is 7.97. The maximum absolute atomic E-state index is 14.9. The number of Topliss-reactive ketones (excluding diaryl/α,β-unsaturated/α-hetero) is 1. The molecule has 0 aliphatic carbocycles. The summed E-state index contributed by atoms with van der Waals surface area (Å²) in [6, 6.07) is 23.9. The number of rotatable bonds is 6. The molecule has 6 aromatic rings. The van der Waals surface area contributed by atoms with Gasteiger partial charge in [-0.2, -0.15) is 0 Å². The molecule has 0 saturated carbocycles. The van der Waals surface area contributed by atoms with Gasteiger partial charge in [0.1, 0.15) is 5.78 Å². The average molecular weight is 737 g/mol. The zero-order valence-electron chi connectivity index (χ0n) is 30.7. The summed E-state index contributed by atoms with van der Waals surface area (Å²) in [5, 5.41) is 4.08. The summed E-state index contributed by atoms with van der Waals surface area (Å²) in [6.45, 7) is 0.501. The molecule has 0 radical (unpaired) electrons. The number of benzene rings is 6. The van der Waals surface area contributed by atoms with Crippen LogP contribution in [0.4, 0.5) is 11.4 Å². The summed E-state index contributed by atoms with van der Waals surface area (Å²) in [4.78, 5) is 19.4. The molecule has 6 aromatic carbocycles. The first-order chi connectivity index (χ1) is 26.9. The number of hydrogen-bond acceptors (Lipinski definition) is 11. The maximum Gasteiger partial charge on any atom is 0.231 e. The molecule has 0 saturated heterocycles. The van der Waals surface area contributed by atoms with Crippen molar-refractivity contribution < 1.29 is 42.7 Å². The van der Waals surface area contributed by atoms with Gasteiger partial charge < -0.3 is 47.7 Å². The lowest BCUT2D eigenvalue weighted by molar-refractivity contribution is -0.119. The van der Waals surface area contributed by atoms with Crippen LogP contribution in [0.2, 0.25) is 0 Å². The van der Waals surface area contributed by atoms with E-state index in [9.17, 15) is 4.79 Å². The molecule has 11 heteroatoms. The van der Waals surface area contributed by atoms with Gasteiger partial charge in [0.2, 0.25) is 20.4 Å². The maximum atomic E-state index is 14.9. The average Bonchev–Trinajstić information content (AvgIpc) is 3.99. The first kappa shape index (κ1) is 32.0. The lowest BCUT2D eigenvalue weighted by Gasteiger charge is -2.41. The van der Waals surface area contributed by atoms with Gasteiger partial charge in [0.05, 0.1) is 37.7 Å². The number of fused-ring (bicyclic) bond motifs is 14. The largest absolute Gasteiger partial charge is 0.493 e. The van der Waals surface area contributed by atoms with E-state index in [-0.39, 0.29) is 51.1 Å². The van der Waals surface area contributed by atoms with Crippen LogP contribution in [0.25, 0.3) is 43.8 Å². The SMILES string of the molecule is COc1ccc2c(c1OC)[C@H](CC(=O)C[C@H]1c3c(ccc4c3OCO4)-c3ccc4cc5c(cc4c3N1C)OCO5)N(C)c1c-2ccc2cc3c(cc12)OCO3. The minimum Gasteiger partial charge on any atom is -0.493 e. The highest BCUT2D eigenvalue weighted by Gasteiger charge is 2.40. The second kappa shape index (κ2) is 11.8. The van der Waals surface area contributed by atoms with Crippen molar-refractivity contribution in [3.05, 3.63) is 83.9 Å². The van der Waals surface area contributed by atoms with Gasteiger partial charge in [0.15, 0.2) is 46.0 Å². The molecule has 0 N–H and O–H groups in total. The molecular weight excluding hydrogens is 700 g/mol. The van der Waals surface area contributed by atoms with Gasteiger partial charge in [-0.1, -0.05) is 24.3 Å². The van der Waals surface area contributed by atoms with Crippen molar-refractivity contribution in [2.45, 2.75) is 24.9 Å². The highest BCUT2D eigenvalue weighted by molar-refractivity contribution is 6.08. The molecule has 55 heavy (non-hydrogen) atoms. The Labute approximate surface area is 316 Å². The van der Waals surface area contributed by atoms with Crippen LogP contribution in [0.5, 0.6) is 46.0 Å². The lowest BCUT2D eigenvalue weighted by Crippen LogP contribution is -2.34. The molecule has 0 aromatic heterocycles. The van der Waals surface area contributed by atoms with E-state index in [4.69, 9.17) is 37.9 Å². The zero-order chi connectivity index (χ0) is 37.1. The van der Waals surface area contributed by atoms with E-state index in [0.717, 1.165) is 77.8 Å². The number of anilines is 2. The normalized spacial score (nSPS) is 17.9.